The molecule has 1 aliphatic heterocycles. The lowest BCUT2D eigenvalue weighted by molar-refractivity contribution is 0.353. The monoisotopic (exact) mass is 361 g/mol. The van der Waals surface area contributed by atoms with Crippen LogP contribution in [0.3, 0.4) is 0 Å². The zero-order valence-electron chi connectivity index (χ0n) is 14.7. The number of methoxy groups -OCH3 is 2. The average molecular weight is 361 g/mol. The van der Waals surface area contributed by atoms with Gasteiger partial charge in [0.05, 0.1) is 25.2 Å². The Morgan fingerprint density at radius 1 is 1.04 bits per heavy atom. The van der Waals surface area contributed by atoms with E-state index in [9.17, 15) is 8.42 Å². The first-order valence-electron chi connectivity index (χ1n) is 8.28. The van der Waals surface area contributed by atoms with Gasteiger partial charge in [0, 0.05) is 12.6 Å². The van der Waals surface area contributed by atoms with Gasteiger partial charge in [0.25, 0.3) is 0 Å². The van der Waals surface area contributed by atoms with Crippen molar-refractivity contribution in [3.63, 3.8) is 0 Å². The highest BCUT2D eigenvalue weighted by Gasteiger charge is 2.37. The Morgan fingerprint density at radius 3 is 2.44 bits per heavy atom. The standard InChI is InChI=1S/C19H23NO4S/c1-14-7-4-5-8-16(14)17-9-6-12-20(17)25(21,22)15-10-11-18(23-2)19(13-15)24-3/h4-5,7-8,10-11,13,17H,6,9,12H2,1-3H3. The first-order chi connectivity index (χ1) is 12.0. The molecule has 2 aromatic carbocycles. The lowest BCUT2D eigenvalue weighted by atomic mass is 10.0. The summed E-state index contributed by atoms with van der Waals surface area (Å²) in [6.07, 6.45) is 1.68. The van der Waals surface area contributed by atoms with Gasteiger partial charge in [-0.25, -0.2) is 8.42 Å². The molecule has 0 saturated carbocycles. The van der Waals surface area contributed by atoms with Crippen molar-refractivity contribution in [1.82, 2.24) is 4.31 Å². The van der Waals surface area contributed by atoms with Crippen LogP contribution in [-0.2, 0) is 10.0 Å². The lowest BCUT2D eigenvalue weighted by Gasteiger charge is -2.26. The van der Waals surface area contributed by atoms with E-state index in [1.54, 1.807) is 16.4 Å². The molecular weight excluding hydrogens is 338 g/mol. The van der Waals surface area contributed by atoms with Crippen LogP contribution in [0.5, 0.6) is 11.5 Å². The first kappa shape index (κ1) is 17.8. The number of hydrogen-bond acceptors (Lipinski definition) is 4. The number of ether oxygens (including phenoxy) is 2. The molecule has 1 fully saturated rings. The normalized spacial score (nSPS) is 18.3. The van der Waals surface area contributed by atoms with Crippen molar-refractivity contribution < 1.29 is 17.9 Å². The van der Waals surface area contributed by atoms with Gasteiger partial charge in [0.15, 0.2) is 11.5 Å². The molecule has 1 aliphatic rings. The fraction of sp³-hybridized carbons (Fsp3) is 0.368. The molecule has 0 aliphatic carbocycles. The van der Waals surface area contributed by atoms with E-state index in [4.69, 9.17) is 9.47 Å². The molecule has 0 radical (unpaired) electrons. The maximum atomic E-state index is 13.2. The number of aryl methyl sites for hydroxylation is 1. The summed E-state index contributed by atoms with van der Waals surface area (Å²) in [6, 6.07) is 12.6. The molecule has 3 rings (SSSR count). The van der Waals surface area contributed by atoms with E-state index in [1.165, 1.54) is 20.3 Å². The van der Waals surface area contributed by atoms with E-state index >= 15 is 0 Å². The molecule has 134 valence electrons. The van der Waals surface area contributed by atoms with Gasteiger partial charge < -0.3 is 9.47 Å². The minimum absolute atomic E-state index is 0.126. The molecule has 1 unspecified atom stereocenters. The second-order valence-electron chi connectivity index (χ2n) is 6.15. The van der Waals surface area contributed by atoms with E-state index < -0.39 is 10.0 Å². The summed E-state index contributed by atoms with van der Waals surface area (Å²) < 4.78 is 38.5. The maximum Gasteiger partial charge on any atom is 0.243 e. The van der Waals surface area contributed by atoms with Crippen molar-refractivity contribution in [2.45, 2.75) is 30.7 Å². The number of rotatable bonds is 5. The van der Waals surface area contributed by atoms with Crippen LogP contribution in [0.25, 0.3) is 0 Å². The van der Waals surface area contributed by atoms with Gasteiger partial charge in [0.1, 0.15) is 0 Å². The second kappa shape index (κ2) is 7.06. The van der Waals surface area contributed by atoms with Crippen molar-refractivity contribution in [1.29, 1.82) is 0 Å². The third-order valence-corrected chi connectivity index (χ3v) is 6.62. The summed E-state index contributed by atoms with van der Waals surface area (Å²) in [5, 5.41) is 0. The largest absolute Gasteiger partial charge is 0.493 e. The van der Waals surface area contributed by atoms with Crippen molar-refractivity contribution in [3.05, 3.63) is 53.6 Å². The van der Waals surface area contributed by atoms with Gasteiger partial charge in [-0.05, 0) is 43.0 Å². The van der Waals surface area contributed by atoms with Gasteiger partial charge in [-0.1, -0.05) is 24.3 Å². The van der Waals surface area contributed by atoms with Gasteiger partial charge in [-0.15, -0.1) is 0 Å². The highest BCUT2D eigenvalue weighted by molar-refractivity contribution is 7.89. The minimum atomic E-state index is -3.61. The molecular formula is C19H23NO4S. The Morgan fingerprint density at radius 2 is 1.76 bits per heavy atom. The molecule has 1 saturated heterocycles. The lowest BCUT2D eigenvalue weighted by Crippen LogP contribution is -2.31. The van der Waals surface area contributed by atoms with Crippen LogP contribution in [-0.4, -0.2) is 33.5 Å². The van der Waals surface area contributed by atoms with Crippen LogP contribution in [0, 0.1) is 6.92 Å². The Balaban J connectivity index is 2.00. The van der Waals surface area contributed by atoms with Crippen LogP contribution < -0.4 is 9.47 Å². The minimum Gasteiger partial charge on any atom is -0.493 e. The SMILES string of the molecule is COc1ccc(S(=O)(=O)N2CCCC2c2ccccc2C)cc1OC. The van der Waals surface area contributed by atoms with Gasteiger partial charge in [0.2, 0.25) is 10.0 Å². The molecule has 0 spiro atoms. The molecule has 1 heterocycles. The van der Waals surface area contributed by atoms with E-state index in [-0.39, 0.29) is 10.9 Å². The summed E-state index contributed by atoms with van der Waals surface area (Å²) in [7, 11) is -0.584. The van der Waals surface area contributed by atoms with Gasteiger partial charge >= 0.3 is 0 Å². The molecule has 2 aromatic rings. The van der Waals surface area contributed by atoms with Gasteiger partial charge in [-0.3, -0.25) is 0 Å². The van der Waals surface area contributed by atoms with Crippen LogP contribution in [0.1, 0.15) is 30.0 Å². The summed E-state index contributed by atoms with van der Waals surface area (Å²) in [5.41, 5.74) is 2.19. The van der Waals surface area contributed by atoms with E-state index in [2.05, 4.69) is 0 Å². The van der Waals surface area contributed by atoms with E-state index in [1.807, 2.05) is 31.2 Å². The fourth-order valence-electron chi connectivity index (χ4n) is 3.41. The average Bonchev–Trinajstić information content (AvgIpc) is 3.11. The quantitative estimate of drug-likeness (QED) is 0.817. The van der Waals surface area contributed by atoms with Crippen LogP contribution in [0.4, 0.5) is 0 Å². The smallest absolute Gasteiger partial charge is 0.243 e. The van der Waals surface area contributed by atoms with Crippen molar-refractivity contribution >= 4 is 10.0 Å². The Hall–Kier alpha value is -2.05. The van der Waals surface area contributed by atoms with Crippen molar-refractivity contribution in [2.24, 2.45) is 0 Å². The number of sulfonamides is 1. The van der Waals surface area contributed by atoms with E-state index in [0.29, 0.717) is 18.0 Å². The number of benzene rings is 2. The number of nitrogens with zero attached hydrogens (tertiary/aromatic N) is 1. The Kier molecular flexibility index (Phi) is 5.01. The van der Waals surface area contributed by atoms with Gasteiger partial charge in [-0.2, -0.15) is 4.31 Å². The molecule has 6 heteroatoms. The predicted molar refractivity (Wildman–Crippen MR) is 96.6 cm³/mol. The zero-order chi connectivity index (χ0) is 18.0. The number of hydrogen-bond donors (Lipinski definition) is 0. The first-order valence-corrected chi connectivity index (χ1v) is 9.72. The third kappa shape index (κ3) is 3.24. The Labute approximate surface area is 149 Å². The van der Waals surface area contributed by atoms with Crippen LogP contribution in [0.2, 0.25) is 0 Å². The summed E-state index contributed by atoms with van der Waals surface area (Å²) in [6.45, 7) is 2.55. The molecule has 5 nitrogen and oxygen atoms in total. The maximum absolute atomic E-state index is 13.2. The second-order valence-corrected chi connectivity index (χ2v) is 8.04. The molecule has 0 N–H and O–H groups in total. The molecule has 1 atom stereocenters. The Bertz CT molecular complexity index is 863. The molecule has 0 bridgehead atoms. The topological polar surface area (TPSA) is 55.8 Å². The van der Waals surface area contributed by atoms with Crippen molar-refractivity contribution in [3.8, 4) is 11.5 Å². The van der Waals surface area contributed by atoms with Crippen molar-refractivity contribution in [2.75, 3.05) is 20.8 Å². The molecule has 0 aromatic heterocycles. The van der Waals surface area contributed by atoms with Crippen LogP contribution in [0.15, 0.2) is 47.4 Å². The summed E-state index contributed by atoms with van der Waals surface area (Å²) in [4.78, 5) is 0.227. The fourth-order valence-corrected chi connectivity index (χ4v) is 5.10. The molecule has 25 heavy (non-hydrogen) atoms. The van der Waals surface area contributed by atoms with Crippen LogP contribution >= 0.6 is 0 Å². The van der Waals surface area contributed by atoms with E-state index in [0.717, 1.165) is 24.0 Å². The highest BCUT2D eigenvalue weighted by Crippen LogP contribution is 2.39. The molecule has 0 amide bonds. The third-order valence-electron chi connectivity index (χ3n) is 4.71. The summed E-state index contributed by atoms with van der Waals surface area (Å²) in [5.74, 6) is 0.925. The summed E-state index contributed by atoms with van der Waals surface area (Å²) >= 11 is 0. The highest BCUT2D eigenvalue weighted by atomic mass is 32.2. The predicted octanol–water partition coefficient (Wildman–Crippen LogP) is 3.54. The zero-order valence-corrected chi connectivity index (χ0v) is 15.5.